The molecule has 35 heavy (non-hydrogen) atoms. The average molecular weight is 479 g/mol. The van der Waals surface area contributed by atoms with Gasteiger partial charge in [-0.25, -0.2) is 0 Å². The first-order chi connectivity index (χ1) is 16.9. The maximum absolute atomic E-state index is 13.5. The van der Waals surface area contributed by atoms with Gasteiger partial charge in [0, 0.05) is 24.0 Å². The highest BCUT2D eigenvalue weighted by atomic mass is 16.5. The van der Waals surface area contributed by atoms with E-state index in [4.69, 9.17) is 4.74 Å². The van der Waals surface area contributed by atoms with Crippen LogP contribution in [0, 0.1) is 0 Å². The van der Waals surface area contributed by atoms with Gasteiger partial charge in [0.25, 0.3) is 5.56 Å². The zero-order chi connectivity index (χ0) is 24.8. The zero-order valence-corrected chi connectivity index (χ0v) is 21.3. The maximum Gasteiger partial charge on any atom is 0.275 e. The van der Waals surface area contributed by atoms with Crippen LogP contribution in [0.15, 0.2) is 47.5 Å². The standard InChI is InChI=1S/C28H38N4O3/c1-21(2)29-27(33)20-32-26(23-10-12-24(35-3)13-11-23)19-31-18-22(17-25(31)28(32)34)9-5-8-16-30-14-6-4-7-15-30/h10-13,17-19,21H,4-9,14-16,20H2,1-3H3,(H,29,33). The topological polar surface area (TPSA) is 68.0 Å². The van der Waals surface area contributed by atoms with Crippen LogP contribution in [0.3, 0.4) is 0 Å². The lowest BCUT2D eigenvalue weighted by Gasteiger charge is -2.26. The molecule has 0 radical (unpaired) electrons. The Hall–Kier alpha value is -3.06. The summed E-state index contributed by atoms with van der Waals surface area (Å²) in [5.74, 6) is 0.569. The Bertz CT molecular complexity index is 1190. The van der Waals surface area contributed by atoms with E-state index in [0.29, 0.717) is 11.2 Å². The molecule has 7 nitrogen and oxygen atoms in total. The van der Waals surface area contributed by atoms with Gasteiger partial charge in [0.05, 0.1) is 12.8 Å². The van der Waals surface area contributed by atoms with Crippen molar-refractivity contribution in [1.82, 2.24) is 19.2 Å². The number of piperidine rings is 1. The number of aromatic nitrogens is 2. The highest BCUT2D eigenvalue weighted by Gasteiger charge is 2.16. The lowest BCUT2D eigenvalue weighted by Crippen LogP contribution is -2.36. The minimum Gasteiger partial charge on any atom is -0.497 e. The van der Waals surface area contributed by atoms with Crippen molar-refractivity contribution in [3.63, 3.8) is 0 Å². The van der Waals surface area contributed by atoms with E-state index in [1.54, 1.807) is 11.7 Å². The van der Waals surface area contributed by atoms with Crippen LogP contribution in [0.2, 0.25) is 0 Å². The third-order valence-corrected chi connectivity index (χ3v) is 6.70. The van der Waals surface area contributed by atoms with Crippen molar-refractivity contribution in [2.45, 2.75) is 65.0 Å². The number of unbranched alkanes of at least 4 members (excludes halogenated alkanes) is 1. The molecule has 0 atom stereocenters. The number of likely N-dealkylation sites (tertiary alicyclic amines) is 1. The summed E-state index contributed by atoms with van der Waals surface area (Å²) in [5.41, 5.74) is 3.17. The van der Waals surface area contributed by atoms with Crippen LogP contribution >= 0.6 is 0 Å². The summed E-state index contributed by atoms with van der Waals surface area (Å²) in [6.07, 6.45) is 11.2. The molecule has 1 saturated heterocycles. The number of nitrogens with one attached hydrogen (secondary N) is 1. The first-order valence-corrected chi connectivity index (χ1v) is 12.8. The molecular formula is C28H38N4O3. The fourth-order valence-corrected chi connectivity index (χ4v) is 4.91. The zero-order valence-electron chi connectivity index (χ0n) is 21.3. The second-order valence-electron chi connectivity index (χ2n) is 9.86. The molecule has 1 aliphatic rings. The number of hydrogen-bond donors (Lipinski definition) is 1. The van der Waals surface area contributed by atoms with E-state index in [2.05, 4.69) is 16.4 Å². The van der Waals surface area contributed by atoms with Gasteiger partial charge in [-0.3, -0.25) is 14.2 Å². The molecule has 4 rings (SSSR count). The Labute approximate surface area is 207 Å². The van der Waals surface area contributed by atoms with Gasteiger partial charge in [-0.15, -0.1) is 0 Å². The van der Waals surface area contributed by atoms with Gasteiger partial charge in [0.1, 0.15) is 17.8 Å². The Kier molecular flexibility index (Phi) is 8.29. The molecule has 1 fully saturated rings. The predicted molar refractivity (Wildman–Crippen MR) is 140 cm³/mol. The summed E-state index contributed by atoms with van der Waals surface area (Å²) in [6.45, 7) is 7.43. The molecule has 1 aliphatic heterocycles. The molecule has 1 amide bonds. The normalized spacial score (nSPS) is 14.5. The van der Waals surface area contributed by atoms with Gasteiger partial charge in [0.15, 0.2) is 0 Å². The number of nitrogens with zero attached hydrogens (tertiary/aromatic N) is 3. The molecule has 0 aliphatic carbocycles. The predicted octanol–water partition coefficient (Wildman–Crippen LogP) is 4.11. The van der Waals surface area contributed by atoms with Crippen molar-refractivity contribution < 1.29 is 9.53 Å². The second-order valence-corrected chi connectivity index (χ2v) is 9.86. The minimum absolute atomic E-state index is 0.0104. The monoisotopic (exact) mass is 478 g/mol. The average Bonchev–Trinajstić information content (AvgIpc) is 3.27. The lowest BCUT2D eigenvalue weighted by atomic mass is 10.1. The van der Waals surface area contributed by atoms with E-state index in [9.17, 15) is 9.59 Å². The Balaban J connectivity index is 1.58. The van der Waals surface area contributed by atoms with Crippen molar-refractivity contribution >= 4 is 11.4 Å². The molecule has 0 unspecified atom stereocenters. The lowest BCUT2D eigenvalue weighted by molar-refractivity contribution is -0.122. The number of rotatable bonds is 10. The highest BCUT2D eigenvalue weighted by Crippen LogP contribution is 2.23. The van der Waals surface area contributed by atoms with E-state index in [1.165, 1.54) is 38.8 Å². The van der Waals surface area contributed by atoms with Crippen molar-refractivity contribution in [2.24, 2.45) is 0 Å². The molecule has 3 heterocycles. The summed E-state index contributed by atoms with van der Waals surface area (Å²) >= 11 is 0. The summed E-state index contributed by atoms with van der Waals surface area (Å²) in [4.78, 5) is 28.7. The Morgan fingerprint density at radius 1 is 1.06 bits per heavy atom. The number of fused-ring (bicyclic) bond motifs is 1. The van der Waals surface area contributed by atoms with Crippen molar-refractivity contribution in [1.29, 1.82) is 0 Å². The van der Waals surface area contributed by atoms with Gasteiger partial charge >= 0.3 is 0 Å². The first kappa shape index (κ1) is 25.0. The van der Waals surface area contributed by atoms with E-state index >= 15 is 0 Å². The molecule has 1 aromatic carbocycles. The minimum atomic E-state index is -0.175. The molecule has 1 N–H and O–H groups in total. The fourth-order valence-electron chi connectivity index (χ4n) is 4.91. The molecule has 0 bridgehead atoms. The van der Waals surface area contributed by atoms with Crippen molar-refractivity contribution in [3.05, 3.63) is 58.6 Å². The van der Waals surface area contributed by atoms with Crippen LogP contribution in [0.25, 0.3) is 16.8 Å². The van der Waals surface area contributed by atoms with Gasteiger partial charge in [-0.2, -0.15) is 0 Å². The highest BCUT2D eigenvalue weighted by molar-refractivity contribution is 5.77. The fraction of sp³-hybridized carbons (Fsp3) is 0.500. The van der Waals surface area contributed by atoms with Crippen LogP contribution in [0.4, 0.5) is 0 Å². The number of ether oxygens (including phenoxy) is 1. The number of carbonyl (C=O) groups is 1. The largest absolute Gasteiger partial charge is 0.497 e. The van der Waals surface area contributed by atoms with Gasteiger partial charge < -0.3 is 19.4 Å². The molecule has 7 heteroatoms. The summed E-state index contributed by atoms with van der Waals surface area (Å²) in [5, 5.41) is 2.90. The Morgan fingerprint density at radius 3 is 2.49 bits per heavy atom. The smallest absolute Gasteiger partial charge is 0.275 e. The number of methoxy groups -OCH3 is 1. The van der Waals surface area contributed by atoms with Crippen molar-refractivity contribution in [2.75, 3.05) is 26.7 Å². The summed E-state index contributed by atoms with van der Waals surface area (Å²) in [6, 6.07) is 9.56. The number of hydrogen-bond acceptors (Lipinski definition) is 4. The molecule has 2 aromatic heterocycles. The number of carbonyl (C=O) groups excluding carboxylic acids is 1. The van der Waals surface area contributed by atoms with Gasteiger partial charge in [-0.1, -0.05) is 6.42 Å². The molecule has 3 aromatic rings. The van der Waals surface area contributed by atoms with Crippen molar-refractivity contribution in [3.8, 4) is 17.0 Å². The third kappa shape index (κ3) is 6.34. The number of aryl methyl sites for hydroxylation is 1. The maximum atomic E-state index is 13.5. The van der Waals surface area contributed by atoms with E-state index < -0.39 is 0 Å². The number of benzene rings is 1. The van der Waals surface area contributed by atoms with Gasteiger partial charge in [0.2, 0.25) is 5.91 Å². The summed E-state index contributed by atoms with van der Waals surface area (Å²) < 4.78 is 8.78. The molecule has 0 saturated carbocycles. The Morgan fingerprint density at radius 2 is 1.80 bits per heavy atom. The molecular weight excluding hydrogens is 440 g/mol. The summed E-state index contributed by atoms with van der Waals surface area (Å²) in [7, 11) is 1.63. The van der Waals surface area contributed by atoms with Crippen LogP contribution in [-0.2, 0) is 17.8 Å². The van der Waals surface area contributed by atoms with E-state index in [-0.39, 0.29) is 24.1 Å². The third-order valence-electron chi connectivity index (χ3n) is 6.70. The van der Waals surface area contributed by atoms with E-state index in [1.807, 2.05) is 54.8 Å². The quantitative estimate of drug-likeness (QED) is 0.446. The van der Waals surface area contributed by atoms with Crippen LogP contribution in [0.1, 0.15) is 51.5 Å². The van der Waals surface area contributed by atoms with Crippen LogP contribution in [0.5, 0.6) is 5.75 Å². The first-order valence-electron chi connectivity index (χ1n) is 12.8. The van der Waals surface area contributed by atoms with Gasteiger partial charge in [-0.05, 0) is 101 Å². The number of amides is 1. The SMILES string of the molecule is COc1ccc(-c2cn3cc(CCCCN4CCCCC4)cc3c(=O)n2CC(=O)NC(C)C)cc1. The van der Waals surface area contributed by atoms with E-state index in [0.717, 1.165) is 36.3 Å². The molecule has 188 valence electrons. The molecule has 0 spiro atoms. The van der Waals surface area contributed by atoms with Crippen LogP contribution < -0.4 is 15.6 Å². The second kappa shape index (κ2) is 11.6. The van der Waals surface area contributed by atoms with Crippen LogP contribution in [-0.4, -0.2) is 52.6 Å².